The Morgan fingerprint density at radius 2 is 1.96 bits per heavy atom. The summed E-state index contributed by atoms with van der Waals surface area (Å²) in [6.45, 7) is 0.831. The van der Waals surface area contributed by atoms with Gasteiger partial charge < -0.3 is 20.1 Å². The van der Waals surface area contributed by atoms with Crippen molar-refractivity contribution in [3.05, 3.63) is 77.6 Å². The van der Waals surface area contributed by atoms with E-state index < -0.39 is 0 Å². The third kappa shape index (κ3) is 3.71. The summed E-state index contributed by atoms with van der Waals surface area (Å²) in [6, 6.07) is 18.1. The maximum absolute atomic E-state index is 12.4. The molecule has 0 unspecified atom stereocenters. The minimum Gasteiger partial charge on any atom is -0.454 e. The predicted molar refractivity (Wildman–Crippen MR) is 103 cm³/mol. The van der Waals surface area contributed by atoms with Gasteiger partial charge in [0.05, 0.1) is 23.1 Å². The van der Waals surface area contributed by atoms with E-state index in [4.69, 9.17) is 14.7 Å². The number of rotatable bonds is 5. The highest BCUT2D eigenvalue weighted by Crippen LogP contribution is 2.32. The van der Waals surface area contributed by atoms with Crippen LogP contribution in [0.15, 0.2) is 60.8 Å². The average molecular weight is 372 g/mol. The predicted octanol–water partition coefficient (Wildman–Crippen LogP) is 3.55. The number of carbonyl (C=O) groups excluding carboxylic acids is 1. The topological polar surface area (TPSA) is 96.3 Å². The van der Waals surface area contributed by atoms with Crippen LogP contribution >= 0.6 is 0 Å². The maximum Gasteiger partial charge on any atom is 0.274 e. The molecule has 7 heteroatoms. The van der Waals surface area contributed by atoms with Crippen LogP contribution in [0.1, 0.15) is 21.6 Å². The Morgan fingerprint density at radius 1 is 1.11 bits per heavy atom. The van der Waals surface area contributed by atoms with Crippen LogP contribution in [0.25, 0.3) is 0 Å². The monoisotopic (exact) mass is 372 g/mol. The molecule has 3 aromatic rings. The van der Waals surface area contributed by atoms with Gasteiger partial charge in [0.1, 0.15) is 11.8 Å². The lowest BCUT2D eigenvalue weighted by Gasteiger charge is -2.09. The second-order valence-electron chi connectivity index (χ2n) is 6.08. The summed E-state index contributed by atoms with van der Waals surface area (Å²) in [5.74, 6) is 1.12. The number of hydrogen-bond donors (Lipinski definition) is 2. The maximum atomic E-state index is 12.4. The lowest BCUT2D eigenvalue weighted by atomic mass is 10.2. The molecular formula is C21H16N4O3. The van der Waals surface area contributed by atoms with Crippen molar-refractivity contribution < 1.29 is 14.3 Å². The number of pyridine rings is 1. The van der Waals surface area contributed by atoms with Crippen molar-refractivity contribution >= 4 is 17.3 Å². The summed E-state index contributed by atoms with van der Waals surface area (Å²) < 4.78 is 10.7. The van der Waals surface area contributed by atoms with E-state index in [2.05, 4.69) is 15.6 Å². The summed E-state index contributed by atoms with van der Waals surface area (Å²) in [5.41, 5.74) is 2.95. The Balaban J connectivity index is 1.38. The molecule has 0 saturated heterocycles. The number of aromatic nitrogens is 1. The third-order valence-corrected chi connectivity index (χ3v) is 4.23. The molecule has 2 N–H and O–H groups in total. The Kier molecular flexibility index (Phi) is 4.76. The van der Waals surface area contributed by atoms with Crippen molar-refractivity contribution in [3.8, 4) is 17.6 Å². The van der Waals surface area contributed by atoms with Crippen LogP contribution in [-0.2, 0) is 6.54 Å². The van der Waals surface area contributed by atoms with Crippen LogP contribution in [0.2, 0.25) is 0 Å². The van der Waals surface area contributed by atoms with Crippen LogP contribution in [-0.4, -0.2) is 17.7 Å². The number of fused-ring (bicyclic) bond motifs is 1. The van der Waals surface area contributed by atoms with Gasteiger partial charge >= 0.3 is 0 Å². The normalized spacial score (nSPS) is 11.5. The van der Waals surface area contributed by atoms with Crippen LogP contribution in [0.4, 0.5) is 11.4 Å². The van der Waals surface area contributed by atoms with Crippen molar-refractivity contribution in [2.75, 3.05) is 17.4 Å². The highest BCUT2D eigenvalue weighted by atomic mass is 16.7. The van der Waals surface area contributed by atoms with Gasteiger partial charge in [0.25, 0.3) is 5.91 Å². The molecule has 0 spiro atoms. The lowest BCUT2D eigenvalue weighted by molar-refractivity contribution is 0.102. The van der Waals surface area contributed by atoms with E-state index in [9.17, 15) is 4.79 Å². The Morgan fingerprint density at radius 3 is 2.79 bits per heavy atom. The second kappa shape index (κ2) is 7.68. The summed E-state index contributed by atoms with van der Waals surface area (Å²) in [7, 11) is 0. The van der Waals surface area contributed by atoms with E-state index >= 15 is 0 Å². The highest BCUT2D eigenvalue weighted by Gasteiger charge is 2.13. The SMILES string of the molecule is N#Cc1ccccc1NC(=O)c1ccc(NCc2ccc3c(c2)OCO3)cn1. The number of para-hydroxylation sites is 1. The molecule has 28 heavy (non-hydrogen) atoms. The van der Waals surface area contributed by atoms with Gasteiger partial charge in [0.2, 0.25) is 6.79 Å². The van der Waals surface area contributed by atoms with Gasteiger partial charge in [-0.15, -0.1) is 0 Å². The van der Waals surface area contributed by atoms with Gasteiger partial charge in [0, 0.05) is 6.54 Å². The zero-order chi connectivity index (χ0) is 19.3. The first-order valence-electron chi connectivity index (χ1n) is 8.62. The van der Waals surface area contributed by atoms with Crippen LogP contribution in [0.3, 0.4) is 0 Å². The van der Waals surface area contributed by atoms with Crippen LogP contribution < -0.4 is 20.1 Å². The molecule has 138 valence electrons. The first-order chi connectivity index (χ1) is 13.7. The molecule has 1 aliphatic heterocycles. The number of benzene rings is 2. The van der Waals surface area contributed by atoms with Crippen LogP contribution in [0.5, 0.6) is 11.5 Å². The van der Waals surface area contributed by atoms with Crippen molar-refractivity contribution in [2.45, 2.75) is 6.54 Å². The average Bonchev–Trinajstić information content (AvgIpc) is 3.21. The summed E-state index contributed by atoms with van der Waals surface area (Å²) >= 11 is 0. The number of nitrogens with zero attached hydrogens (tertiary/aromatic N) is 2. The number of amides is 1. The molecule has 4 rings (SSSR count). The van der Waals surface area contributed by atoms with E-state index in [0.29, 0.717) is 17.8 Å². The molecule has 0 bridgehead atoms. The summed E-state index contributed by atoms with van der Waals surface area (Å²) in [6.07, 6.45) is 1.60. The van der Waals surface area contributed by atoms with Crippen molar-refractivity contribution in [1.82, 2.24) is 4.98 Å². The second-order valence-corrected chi connectivity index (χ2v) is 6.08. The molecule has 7 nitrogen and oxygen atoms in total. The summed E-state index contributed by atoms with van der Waals surface area (Å²) in [4.78, 5) is 16.6. The first kappa shape index (κ1) is 17.4. The fourth-order valence-corrected chi connectivity index (χ4v) is 2.76. The number of anilines is 2. The fraction of sp³-hybridized carbons (Fsp3) is 0.0952. The molecule has 2 heterocycles. The molecule has 0 saturated carbocycles. The Labute approximate surface area is 161 Å². The van der Waals surface area contributed by atoms with Gasteiger partial charge in [-0.3, -0.25) is 4.79 Å². The van der Waals surface area contributed by atoms with E-state index in [0.717, 1.165) is 22.7 Å². The number of carbonyl (C=O) groups is 1. The largest absolute Gasteiger partial charge is 0.454 e. The number of nitrogens with one attached hydrogen (secondary N) is 2. The van der Waals surface area contributed by atoms with E-state index in [-0.39, 0.29) is 18.4 Å². The number of hydrogen-bond acceptors (Lipinski definition) is 6. The van der Waals surface area contributed by atoms with Crippen molar-refractivity contribution in [3.63, 3.8) is 0 Å². The Bertz CT molecular complexity index is 1060. The first-order valence-corrected chi connectivity index (χ1v) is 8.62. The molecule has 0 atom stereocenters. The van der Waals surface area contributed by atoms with E-state index in [1.807, 2.05) is 24.3 Å². The number of ether oxygens (including phenoxy) is 2. The molecule has 0 radical (unpaired) electrons. The lowest BCUT2D eigenvalue weighted by Crippen LogP contribution is -2.14. The number of nitriles is 1. The van der Waals surface area contributed by atoms with Gasteiger partial charge in [0.15, 0.2) is 11.5 Å². The quantitative estimate of drug-likeness (QED) is 0.711. The molecule has 0 aliphatic carbocycles. The van der Waals surface area contributed by atoms with Crippen LogP contribution in [0, 0.1) is 11.3 Å². The van der Waals surface area contributed by atoms with Crippen molar-refractivity contribution in [1.29, 1.82) is 5.26 Å². The van der Waals surface area contributed by atoms with E-state index in [1.165, 1.54) is 0 Å². The molecule has 1 aromatic heterocycles. The molecule has 1 aliphatic rings. The van der Waals surface area contributed by atoms with Gasteiger partial charge in [-0.05, 0) is 42.0 Å². The standard InChI is InChI=1S/C21H16N4O3/c22-10-15-3-1-2-4-17(15)25-21(26)18-7-6-16(12-24-18)23-11-14-5-8-19-20(9-14)28-13-27-19/h1-9,12,23H,11,13H2,(H,25,26). The fourth-order valence-electron chi connectivity index (χ4n) is 2.76. The molecule has 2 aromatic carbocycles. The van der Waals surface area contributed by atoms with Gasteiger partial charge in [-0.1, -0.05) is 18.2 Å². The van der Waals surface area contributed by atoms with Crippen molar-refractivity contribution in [2.24, 2.45) is 0 Å². The minimum atomic E-state index is -0.370. The third-order valence-electron chi connectivity index (χ3n) is 4.23. The van der Waals surface area contributed by atoms with E-state index in [1.54, 1.807) is 42.6 Å². The minimum absolute atomic E-state index is 0.249. The summed E-state index contributed by atoms with van der Waals surface area (Å²) in [5, 5.41) is 15.1. The van der Waals surface area contributed by atoms with Gasteiger partial charge in [-0.25, -0.2) is 4.98 Å². The zero-order valence-corrected chi connectivity index (χ0v) is 14.8. The molecule has 1 amide bonds. The smallest absolute Gasteiger partial charge is 0.274 e. The molecule has 0 fully saturated rings. The Hall–Kier alpha value is -4.05. The molecular weight excluding hydrogens is 356 g/mol. The zero-order valence-electron chi connectivity index (χ0n) is 14.8. The van der Waals surface area contributed by atoms with Gasteiger partial charge in [-0.2, -0.15) is 5.26 Å². The highest BCUT2D eigenvalue weighted by molar-refractivity contribution is 6.03.